The molecule has 0 radical (unpaired) electrons. The molecule has 0 amide bonds. The Hall–Kier alpha value is -0.290. The standard InChI is InChI=1S/C7H12F3NO/c1-11-6(7(8,9)10)3-5(4-6)12-2/h5,11H,3-4H2,1-2H3. The van der Waals surface area contributed by atoms with E-state index in [1.54, 1.807) is 0 Å². The van der Waals surface area contributed by atoms with Crippen LogP contribution in [-0.4, -0.2) is 32.0 Å². The average molecular weight is 183 g/mol. The number of ether oxygens (including phenoxy) is 1. The molecule has 0 aliphatic heterocycles. The Balaban J connectivity index is 2.59. The lowest BCUT2D eigenvalue weighted by Crippen LogP contribution is -2.65. The summed E-state index contributed by atoms with van der Waals surface area (Å²) in [4.78, 5) is 0. The van der Waals surface area contributed by atoms with Crippen LogP contribution in [0, 0.1) is 0 Å². The predicted molar refractivity (Wildman–Crippen MR) is 37.9 cm³/mol. The second-order valence-electron chi connectivity index (χ2n) is 3.10. The minimum atomic E-state index is -4.17. The van der Waals surface area contributed by atoms with E-state index in [1.165, 1.54) is 14.2 Å². The first-order valence-corrected chi connectivity index (χ1v) is 3.73. The first kappa shape index (κ1) is 9.80. The molecule has 0 aromatic carbocycles. The number of nitrogens with one attached hydrogen (secondary N) is 1. The molecule has 1 N–H and O–H groups in total. The van der Waals surface area contributed by atoms with Crippen LogP contribution in [-0.2, 0) is 4.74 Å². The van der Waals surface area contributed by atoms with Gasteiger partial charge in [0, 0.05) is 20.0 Å². The van der Waals surface area contributed by atoms with Gasteiger partial charge in [-0.15, -0.1) is 0 Å². The van der Waals surface area contributed by atoms with Gasteiger partial charge in [-0.2, -0.15) is 13.2 Å². The highest BCUT2D eigenvalue weighted by Gasteiger charge is 2.61. The molecule has 1 aliphatic carbocycles. The zero-order chi connectivity index (χ0) is 9.41. The topological polar surface area (TPSA) is 21.3 Å². The first-order valence-electron chi connectivity index (χ1n) is 3.73. The number of rotatable bonds is 2. The quantitative estimate of drug-likeness (QED) is 0.697. The van der Waals surface area contributed by atoms with Crippen LogP contribution in [0.5, 0.6) is 0 Å². The smallest absolute Gasteiger partial charge is 0.381 e. The van der Waals surface area contributed by atoms with E-state index in [2.05, 4.69) is 5.32 Å². The Kier molecular flexibility index (Phi) is 2.35. The van der Waals surface area contributed by atoms with Crippen molar-refractivity contribution in [2.24, 2.45) is 0 Å². The van der Waals surface area contributed by atoms with Gasteiger partial charge in [0.05, 0.1) is 6.10 Å². The second-order valence-corrected chi connectivity index (χ2v) is 3.10. The summed E-state index contributed by atoms with van der Waals surface area (Å²) in [6.45, 7) is 0. The highest BCUT2D eigenvalue weighted by atomic mass is 19.4. The van der Waals surface area contributed by atoms with Crippen molar-refractivity contribution in [1.29, 1.82) is 0 Å². The fourth-order valence-corrected chi connectivity index (χ4v) is 1.46. The van der Waals surface area contributed by atoms with Crippen molar-refractivity contribution in [1.82, 2.24) is 5.32 Å². The second kappa shape index (κ2) is 2.88. The lowest BCUT2D eigenvalue weighted by atomic mass is 9.73. The fourth-order valence-electron chi connectivity index (χ4n) is 1.46. The Bertz CT molecular complexity index is 163. The third-order valence-electron chi connectivity index (χ3n) is 2.51. The number of halogens is 3. The zero-order valence-corrected chi connectivity index (χ0v) is 7.03. The van der Waals surface area contributed by atoms with Crippen LogP contribution in [0.1, 0.15) is 12.8 Å². The molecule has 72 valence electrons. The van der Waals surface area contributed by atoms with Gasteiger partial charge >= 0.3 is 6.18 Å². The Morgan fingerprint density at radius 1 is 1.42 bits per heavy atom. The summed E-state index contributed by atoms with van der Waals surface area (Å²) in [7, 11) is 2.76. The van der Waals surface area contributed by atoms with Crippen LogP contribution in [0.2, 0.25) is 0 Å². The van der Waals surface area contributed by atoms with Gasteiger partial charge in [-0.1, -0.05) is 0 Å². The molecule has 1 aliphatic rings. The van der Waals surface area contributed by atoms with Crippen LogP contribution in [0.3, 0.4) is 0 Å². The van der Waals surface area contributed by atoms with Crippen molar-refractivity contribution in [3.63, 3.8) is 0 Å². The van der Waals surface area contributed by atoms with E-state index < -0.39 is 11.7 Å². The highest BCUT2D eigenvalue weighted by molar-refractivity contribution is 5.06. The van der Waals surface area contributed by atoms with Gasteiger partial charge in [0.2, 0.25) is 0 Å². The molecule has 2 nitrogen and oxygen atoms in total. The van der Waals surface area contributed by atoms with Crippen LogP contribution >= 0.6 is 0 Å². The third-order valence-corrected chi connectivity index (χ3v) is 2.51. The maximum atomic E-state index is 12.3. The summed E-state index contributed by atoms with van der Waals surface area (Å²) in [6.07, 6.45) is -4.39. The Morgan fingerprint density at radius 2 is 1.92 bits per heavy atom. The fraction of sp³-hybridized carbons (Fsp3) is 1.00. The molecule has 1 saturated carbocycles. The summed E-state index contributed by atoms with van der Waals surface area (Å²) in [6, 6.07) is 0. The van der Waals surface area contributed by atoms with E-state index in [0.717, 1.165) is 0 Å². The van der Waals surface area contributed by atoms with Gasteiger partial charge in [-0.3, -0.25) is 0 Å². The van der Waals surface area contributed by atoms with Gasteiger partial charge in [0.1, 0.15) is 5.54 Å². The number of hydrogen-bond donors (Lipinski definition) is 1. The van der Waals surface area contributed by atoms with Crippen molar-refractivity contribution in [3.8, 4) is 0 Å². The Morgan fingerprint density at radius 3 is 2.17 bits per heavy atom. The van der Waals surface area contributed by atoms with Crippen molar-refractivity contribution in [2.75, 3.05) is 14.2 Å². The average Bonchev–Trinajstić information content (AvgIpc) is 1.84. The highest BCUT2D eigenvalue weighted by Crippen LogP contribution is 2.45. The van der Waals surface area contributed by atoms with Crippen molar-refractivity contribution >= 4 is 0 Å². The summed E-state index contributed by atoms with van der Waals surface area (Å²) in [5.41, 5.74) is -1.70. The van der Waals surface area contributed by atoms with Gasteiger partial charge in [-0.25, -0.2) is 0 Å². The van der Waals surface area contributed by atoms with Crippen LogP contribution in [0.25, 0.3) is 0 Å². The van der Waals surface area contributed by atoms with Crippen molar-refractivity contribution in [2.45, 2.75) is 30.7 Å². The van der Waals surface area contributed by atoms with Crippen LogP contribution in [0.15, 0.2) is 0 Å². The molecule has 0 bridgehead atoms. The molecular weight excluding hydrogens is 171 g/mol. The summed E-state index contributed by atoms with van der Waals surface area (Å²) in [5, 5.41) is 2.31. The minimum Gasteiger partial charge on any atom is -0.381 e. The summed E-state index contributed by atoms with van der Waals surface area (Å²) >= 11 is 0. The minimum absolute atomic E-state index is 0.0174. The van der Waals surface area contributed by atoms with E-state index in [0.29, 0.717) is 0 Å². The molecule has 1 rings (SSSR count). The molecule has 1 fully saturated rings. The number of hydrogen-bond acceptors (Lipinski definition) is 2. The molecule has 0 saturated heterocycles. The van der Waals surface area contributed by atoms with Crippen molar-refractivity contribution in [3.05, 3.63) is 0 Å². The van der Waals surface area contributed by atoms with E-state index in [1.807, 2.05) is 0 Å². The molecular formula is C7H12F3NO. The van der Waals surface area contributed by atoms with Gasteiger partial charge in [0.25, 0.3) is 0 Å². The van der Waals surface area contributed by atoms with E-state index in [4.69, 9.17) is 4.74 Å². The lowest BCUT2D eigenvalue weighted by Gasteiger charge is -2.47. The lowest BCUT2D eigenvalue weighted by molar-refractivity contribution is -0.240. The molecule has 0 aromatic rings. The SMILES string of the molecule is CNC1(C(F)(F)F)CC(OC)C1. The van der Waals surface area contributed by atoms with Crippen molar-refractivity contribution < 1.29 is 17.9 Å². The normalized spacial score (nSPS) is 36.2. The molecule has 0 heterocycles. The van der Waals surface area contributed by atoms with Gasteiger partial charge in [-0.05, 0) is 7.05 Å². The molecule has 0 spiro atoms. The number of alkyl halides is 3. The monoisotopic (exact) mass is 183 g/mol. The molecule has 0 atom stereocenters. The van der Waals surface area contributed by atoms with Crippen LogP contribution in [0.4, 0.5) is 13.2 Å². The van der Waals surface area contributed by atoms with Gasteiger partial charge < -0.3 is 10.1 Å². The summed E-state index contributed by atoms with van der Waals surface area (Å²) < 4.78 is 41.8. The largest absolute Gasteiger partial charge is 0.406 e. The van der Waals surface area contributed by atoms with E-state index >= 15 is 0 Å². The molecule has 0 aromatic heterocycles. The predicted octanol–water partition coefficient (Wildman–Crippen LogP) is 1.32. The maximum absolute atomic E-state index is 12.3. The summed E-state index contributed by atoms with van der Waals surface area (Å²) in [5.74, 6) is 0. The van der Waals surface area contributed by atoms with E-state index in [9.17, 15) is 13.2 Å². The molecule has 5 heteroatoms. The van der Waals surface area contributed by atoms with E-state index in [-0.39, 0.29) is 18.9 Å². The Labute approximate surface area is 69.1 Å². The number of methoxy groups -OCH3 is 1. The van der Waals surface area contributed by atoms with Crippen LogP contribution < -0.4 is 5.32 Å². The molecule has 12 heavy (non-hydrogen) atoms. The zero-order valence-electron chi connectivity index (χ0n) is 7.03. The van der Waals surface area contributed by atoms with Gasteiger partial charge in [0.15, 0.2) is 0 Å². The maximum Gasteiger partial charge on any atom is 0.406 e. The molecule has 0 unspecified atom stereocenters. The first-order chi connectivity index (χ1) is 5.45. The third kappa shape index (κ3) is 1.31.